The van der Waals surface area contributed by atoms with Gasteiger partial charge in [0.05, 0.1) is 0 Å². The summed E-state index contributed by atoms with van der Waals surface area (Å²) in [6, 6.07) is 123. The van der Waals surface area contributed by atoms with Crippen LogP contribution in [0.15, 0.2) is 340 Å². The molecule has 0 radical (unpaired) electrons. The maximum Gasteiger partial charge on any atom is 0.329 e. The molecule has 1 saturated heterocycles. The van der Waals surface area contributed by atoms with Gasteiger partial charge in [-0.25, -0.2) is 0 Å². The summed E-state index contributed by atoms with van der Waals surface area (Å²) in [7, 11) is 0. The summed E-state index contributed by atoms with van der Waals surface area (Å²) in [5, 5.41) is 11.3. The molecule has 5 heterocycles. The van der Waals surface area contributed by atoms with Gasteiger partial charge in [-0.1, -0.05) is 291 Å². The van der Waals surface area contributed by atoms with Crippen LogP contribution >= 0.6 is 0 Å². The number of hydrogen-bond acceptors (Lipinski definition) is 5. The Morgan fingerprint density at radius 2 is 0.550 bits per heavy atom. The van der Waals surface area contributed by atoms with Gasteiger partial charge in [0.15, 0.2) is 0 Å². The van der Waals surface area contributed by atoms with E-state index in [-0.39, 0.29) is 13.7 Å². The van der Waals surface area contributed by atoms with E-state index in [4.69, 9.17) is 0 Å². The molecule has 0 bridgehead atoms. The minimum Gasteiger partial charge on any atom is -0.376 e. The van der Waals surface area contributed by atoms with Crippen LogP contribution in [0.3, 0.4) is 0 Å². The molecule has 0 aromatic heterocycles. The van der Waals surface area contributed by atoms with E-state index in [2.05, 4.69) is 393 Å². The van der Waals surface area contributed by atoms with Gasteiger partial charge in [0, 0.05) is 101 Å². The summed E-state index contributed by atoms with van der Waals surface area (Å²) >= 11 is 0. The Kier molecular flexibility index (Phi) is 16.1. The summed E-state index contributed by atoms with van der Waals surface area (Å²) in [5.74, 6) is 0. The molecule has 5 nitrogen and oxygen atoms in total. The van der Waals surface area contributed by atoms with Crippen molar-refractivity contribution in [2.45, 2.75) is 58.0 Å². The third kappa shape index (κ3) is 11.5. The highest BCUT2D eigenvalue weighted by Gasteiger charge is 2.46. The van der Waals surface area contributed by atoms with Crippen LogP contribution < -0.4 is 47.4 Å². The number of para-hydroxylation sites is 5. The molecule has 0 atom stereocenters. The minimum absolute atomic E-state index is 0.0700. The molecule has 0 aliphatic carbocycles. The van der Waals surface area contributed by atoms with Gasteiger partial charge in [0.2, 0.25) is 0 Å². The van der Waals surface area contributed by atoms with Crippen LogP contribution in [0.25, 0.3) is 89.0 Å². The molecular formula is C93H77B2N5. The molecule has 1 fully saturated rings. The Bertz CT molecular complexity index is 5030. The SMILES string of the molecule is CC1(C)CCCC(C)(C)N1.c1ccc(-c2ccccc2Nc2cc(-c3ccccc3)c(Nc3ccccc3-c3ccccc3)cc2-c2ccccc2)cc1.c1ccc2c(c1)B1c3cc4c(cc3-c3ccccc3N1c1ccccc1-2)N1B(c2ccccc2-c2ccccc21)c1ccccc1-4. The van der Waals surface area contributed by atoms with E-state index in [1.165, 1.54) is 119 Å². The van der Waals surface area contributed by atoms with E-state index in [9.17, 15) is 0 Å². The van der Waals surface area contributed by atoms with Crippen LogP contribution in [0.4, 0.5) is 45.5 Å². The lowest BCUT2D eigenvalue weighted by atomic mass is 9.41. The molecule has 5 aliphatic heterocycles. The monoisotopic (exact) mass is 1290 g/mol. The van der Waals surface area contributed by atoms with Crippen LogP contribution in [-0.4, -0.2) is 24.8 Å². The van der Waals surface area contributed by atoms with E-state index in [0.29, 0.717) is 11.1 Å². The molecule has 0 spiro atoms. The number of rotatable bonds is 8. The number of nitrogens with one attached hydrogen (secondary N) is 3. The predicted octanol–water partition coefficient (Wildman–Crippen LogP) is 21.7. The summed E-state index contributed by atoms with van der Waals surface area (Å²) in [6.07, 6.45) is 4.00. The van der Waals surface area contributed by atoms with Crippen molar-refractivity contribution >= 4 is 81.0 Å². The van der Waals surface area contributed by atoms with Gasteiger partial charge in [-0.2, -0.15) is 0 Å². The molecule has 19 rings (SSSR count). The van der Waals surface area contributed by atoms with Gasteiger partial charge < -0.3 is 25.6 Å². The first-order valence-corrected chi connectivity index (χ1v) is 35.3. The van der Waals surface area contributed by atoms with E-state index >= 15 is 0 Å². The highest BCUT2D eigenvalue weighted by molar-refractivity contribution is 6.94. The first kappa shape index (κ1) is 61.9. The zero-order valence-corrected chi connectivity index (χ0v) is 57.0. The third-order valence-electron chi connectivity index (χ3n) is 20.8. The number of nitrogens with zero attached hydrogens (tertiary/aromatic N) is 2. The molecule has 100 heavy (non-hydrogen) atoms. The fourth-order valence-electron chi connectivity index (χ4n) is 16.6. The van der Waals surface area contributed by atoms with Crippen molar-refractivity contribution < 1.29 is 0 Å². The first-order valence-electron chi connectivity index (χ1n) is 35.3. The molecular weight excluding hydrogens is 1210 g/mol. The second-order valence-electron chi connectivity index (χ2n) is 28.3. The average Bonchev–Trinajstić information content (AvgIpc) is 0.693. The second kappa shape index (κ2) is 26.0. The van der Waals surface area contributed by atoms with Crippen molar-refractivity contribution in [2.75, 3.05) is 20.3 Å². The van der Waals surface area contributed by atoms with Gasteiger partial charge in [-0.05, 0) is 162 Å². The van der Waals surface area contributed by atoms with E-state index < -0.39 is 0 Å². The molecule has 480 valence electrons. The molecule has 14 aromatic carbocycles. The zero-order chi connectivity index (χ0) is 67.3. The van der Waals surface area contributed by atoms with E-state index in [1.54, 1.807) is 0 Å². The van der Waals surface area contributed by atoms with E-state index in [1.807, 2.05) is 0 Å². The standard InChI is InChI=1S/C42H26B2N2.C42H32N2.C9H19N/c1-7-19-35-27(13-1)31-17-5-11-23-40(31)46-42-26-33-32-18-6-12-24-41(32)45-39-22-10-4-16-30(39)28-14-2-8-20-36(28)44(45)38(33)25-34(42)29-15-3-9-21-37(29)43(35)46;1-5-17-31(18-6-1)35-25-13-15-27-39(35)43-41-29-38(34-23-11-4-12-24-34)42(30-37(41)33-21-9-3-10-22-33)44-40-28-16-14-26-36(40)32-19-7-2-8-20-32;1-8(2)6-5-7-9(3,4)10-8/h1-26H;1-30,43-44H;10H,5-7H2,1-4H3. The lowest BCUT2D eigenvalue weighted by Crippen LogP contribution is -2.61. The predicted molar refractivity (Wildman–Crippen MR) is 428 cm³/mol. The number of benzene rings is 14. The van der Waals surface area contributed by atoms with Crippen molar-refractivity contribution in [3.8, 4) is 89.0 Å². The molecule has 5 aliphatic rings. The third-order valence-corrected chi connectivity index (χ3v) is 20.8. The van der Waals surface area contributed by atoms with Crippen molar-refractivity contribution in [1.82, 2.24) is 5.32 Å². The van der Waals surface area contributed by atoms with E-state index in [0.717, 1.165) is 56.1 Å². The van der Waals surface area contributed by atoms with Crippen LogP contribution in [0.2, 0.25) is 0 Å². The maximum atomic E-state index is 3.85. The van der Waals surface area contributed by atoms with Crippen molar-refractivity contribution in [3.05, 3.63) is 340 Å². The number of anilines is 8. The van der Waals surface area contributed by atoms with Gasteiger partial charge in [0.25, 0.3) is 0 Å². The summed E-state index contributed by atoms with van der Waals surface area (Å²) in [4.78, 5) is 5.21. The normalized spacial score (nSPS) is 14.1. The highest BCUT2D eigenvalue weighted by Crippen LogP contribution is 2.52. The van der Waals surface area contributed by atoms with Crippen LogP contribution in [0, 0.1) is 0 Å². The highest BCUT2D eigenvalue weighted by atomic mass is 15.1. The molecule has 14 aromatic rings. The lowest BCUT2D eigenvalue weighted by molar-refractivity contribution is 0.183. The van der Waals surface area contributed by atoms with Crippen LogP contribution in [-0.2, 0) is 0 Å². The maximum absolute atomic E-state index is 3.85. The Labute approximate surface area is 589 Å². The number of fused-ring (bicyclic) bond motifs is 22. The zero-order valence-electron chi connectivity index (χ0n) is 57.0. The minimum atomic E-state index is 0.0700. The average molecular weight is 1290 g/mol. The quantitative estimate of drug-likeness (QED) is 0.132. The molecule has 0 unspecified atom stereocenters. The van der Waals surface area contributed by atoms with Gasteiger partial charge in [-0.3, -0.25) is 0 Å². The second-order valence-corrected chi connectivity index (χ2v) is 28.3. The molecule has 0 saturated carbocycles. The van der Waals surface area contributed by atoms with Crippen LogP contribution in [0.1, 0.15) is 47.0 Å². The largest absolute Gasteiger partial charge is 0.376 e. The van der Waals surface area contributed by atoms with Crippen LogP contribution in [0.5, 0.6) is 0 Å². The van der Waals surface area contributed by atoms with Gasteiger partial charge >= 0.3 is 13.7 Å². The molecule has 7 heteroatoms. The van der Waals surface area contributed by atoms with Gasteiger partial charge in [-0.15, -0.1) is 0 Å². The van der Waals surface area contributed by atoms with Crippen molar-refractivity contribution in [3.63, 3.8) is 0 Å². The van der Waals surface area contributed by atoms with Crippen molar-refractivity contribution in [1.29, 1.82) is 0 Å². The fraction of sp³-hybridized carbons (Fsp3) is 0.0968. The summed E-state index contributed by atoms with van der Waals surface area (Å²) < 4.78 is 0. The van der Waals surface area contributed by atoms with Gasteiger partial charge in [0.1, 0.15) is 0 Å². The summed E-state index contributed by atoms with van der Waals surface area (Å²) in [6.45, 7) is 9.31. The van der Waals surface area contributed by atoms with Crippen molar-refractivity contribution in [2.24, 2.45) is 0 Å². The Morgan fingerprint density at radius 3 is 0.940 bits per heavy atom. The number of hydrogen-bond donors (Lipinski definition) is 3. The Balaban J connectivity index is 0.000000132. The molecule has 3 N–H and O–H groups in total. The summed E-state index contributed by atoms with van der Waals surface area (Å²) in [5.41, 5.74) is 35.1. The molecule has 0 amide bonds. The topological polar surface area (TPSA) is 42.6 Å². The number of piperidine rings is 1. The first-order chi connectivity index (χ1) is 49.1. The fourth-order valence-corrected chi connectivity index (χ4v) is 16.6. The Hall–Kier alpha value is -11.6. The smallest absolute Gasteiger partial charge is 0.329 e. The lowest BCUT2D eigenvalue weighted by Gasteiger charge is -2.46. The Morgan fingerprint density at radius 1 is 0.250 bits per heavy atom.